The molecule has 1 amide bonds. The van der Waals surface area contributed by atoms with E-state index in [1.165, 1.54) is 17.9 Å². The van der Waals surface area contributed by atoms with Gasteiger partial charge in [0.15, 0.2) is 0 Å². The van der Waals surface area contributed by atoms with E-state index in [0.717, 1.165) is 5.12 Å². The summed E-state index contributed by atoms with van der Waals surface area (Å²) in [5.41, 5.74) is -0.484. The van der Waals surface area contributed by atoms with Crippen LogP contribution in [0.2, 0.25) is 0 Å². The Morgan fingerprint density at radius 2 is 2.16 bits per heavy atom. The fraction of sp³-hybridized carbons (Fsp3) is 0.417. The summed E-state index contributed by atoms with van der Waals surface area (Å²) in [6.07, 6.45) is 1.77. The lowest BCUT2D eigenvalue weighted by Gasteiger charge is -2.22. The zero-order chi connectivity index (χ0) is 13.4. The zero-order valence-corrected chi connectivity index (χ0v) is 10.9. The van der Waals surface area contributed by atoms with Crippen molar-refractivity contribution in [2.24, 2.45) is 11.8 Å². The van der Waals surface area contributed by atoms with Crippen LogP contribution in [0.3, 0.4) is 0 Å². The Balaban J connectivity index is 1.84. The molecule has 1 saturated heterocycles. The molecule has 3 rings (SSSR count). The fourth-order valence-electron chi connectivity index (χ4n) is 1.84. The van der Waals surface area contributed by atoms with Gasteiger partial charge in [0.1, 0.15) is 11.4 Å². The van der Waals surface area contributed by atoms with Crippen LogP contribution in [0.4, 0.5) is 10.5 Å². The topological polar surface area (TPSA) is 68.0 Å². The molecule has 2 N–H and O–H groups in total. The van der Waals surface area contributed by atoms with Gasteiger partial charge in [0.05, 0.1) is 6.61 Å². The fourth-order valence-corrected chi connectivity index (χ4v) is 2.00. The number of para-hydroxylation sites is 2. The van der Waals surface area contributed by atoms with Crippen LogP contribution >= 0.6 is 11.6 Å². The number of alkyl halides is 1. The molecular formula is C12H14ClN3O3. The summed E-state index contributed by atoms with van der Waals surface area (Å²) in [6.45, 7) is 0.648. The van der Waals surface area contributed by atoms with E-state index in [4.69, 9.17) is 26.9 Å². The van der Waals surface area contributed by atoms with Crippen LogP contribution in [-0.4, -0.2) is 23.5 Å². The smallest absolute Gasteiger partial charge is 0.433 e. The molecule has 1 unspecified atom stereocenters. The molecule has 2 aliphatic rings. The minimum Gasteiger partial charge on any atom is -0.491 e. The van der Waals surface area contributed by atoms with Crippen molar-refractivity contribution < 1.29 is 14.3 Å². The SMILES string of the molecule is NN1C(Cl)OC(=O)N1c1ccccc1OCC1CC1. The number of carbonyl (C=O) groups excluding carboxylic acids is 1. The van der Waals surface area contributed by atoms with Crippen molar-refractivity contribution in [2.75, 3.05) is 11.6 Å². The number of hydrogen-bond acceptors (Lipinski definition) is 5. The van der Waals surface area contributed by atoms with Gasteiger partial charge in [-0.1, -0.05) is 28.9 Å². The van der Waals surface area contributed by atoms with Gasteiger partial charge in [0.2, 0.25) is 0 Å². The second kappa shape index (κ2) is 4.88. The van der Waals surface area contributed by atoms with Crippen molar-refractivity contribution in [3.05, 3.63) is 24.3 Å². The summed E-state index contributed by atoms with van der Waals surface area (Å²) in [7, 11) is 0. The highest BCUT2D eigenvalue weighted by atomic mass is 35.5. The molecule has 1 aromatic rings. The predicted octanol–water partition coefficient (Wildman–Crippen LogP) is 2.05. The molecule has 102 valence electrons. The molecule has 0 radical (unpaired) electrons. The highest BCUT2D eigenvalue weighted by molar-refractivity contribution is 6.21. The van der Waals surface area contributed by atoms with Crippen molar-refractivity contribution in [1.29, 1.82) is 0 Å². The summed E-state index contributed by atoms with van der Waals surface area (Å²) < 4.78 is 10.6. The van der Waals surface area contributed by atoms with Gasteiger partial charge in [-0.15, -0.1) is 0 Å². The summed E-state index contributed by atoms with van der Waals surface area (Å²) >= 11 is 5.77. The Hall–Kier alpha value is -1.50. The van der Waals surface area contributed by atoms with Crippen LogP contribution in [0.15, 0.2) is 24.3 Å². The van der Waals surface area contributed by atoms with Crippen molar-refractivity contribution in [1.82, 2.24) is 5.12 Å². The van der Waals surface area contributed by atoms with Gasteiger partial charge in [0, 0.05) is 0 Å². The molecular weight excluding hydrogens is 270 g/mol. The standard InChI is InChI=1S/C12H14ClN3O3/c13-11-16(14)15(12(17)19-11)9-3-1-2-4-10(9)18-7-8-5-6-8/h1-4,8,11H,5-7,14H2. The molecule has 1 aliphatic heterocycles. The summed E-state index contributed by atoms with van der Waals surface area (Å²) in [6, 6.07) is 7.16. The first-order valence-electron chi connectivity index (χ1n) is 6.07. The van der Waals surface area contributed by atoms with Gasteiger partial charge in [-0.25, -0.2) is 10.6 Å². The molecule has 1 aliphatic carbocycles. The monoisotopic (exact) mass is 283 g/mol. The maximum atomic E-state index is 11.7. The van der Waals surface area contributed by atoms with Crippen LogP contribution in [-0.2, 0) is 4.74 Å². The van der Waals surface area contributed by atoms with E-state index in [0.29, 0.717) is 24.0 Å². The molecule has 0 bridgehead atoms. The van der Waals surface area contributed by atoms with Gasteiger partial charge in [-0.2, -0.15) is 5.01 Å². The van der Waals surface area contributed by atoms with Gasteiger partial charge in [-0.05, 0) is 30.9 Å². The average Bonchev–Trinajstić information content (AvgIpc) is 3.17. The van der Waals surface area contributed by atoms with Crippen LogP contribution in [0.1, 0.15) is 12.8 Å². The Bertz CT molecular complexity index is 495. The van der Waals surface area contributed by atoms with Gasteiger partial charge in [-0.3, -0.25) is 0 Å². The number of cyclic esters (lactones) is 1. The molecule has 0 aromatic heterocycles. The van der Waals surface area contributed by atoms with E-state index in [1.807, 2.05) is 6.07 Å². The van der Waals surface area contributed by atoms with E-state index in [9.17, 15) is 4.79 Å². The number of amides is 1. The number of hydrazine groups is 2. The first kappa shape index (κ1) is 12.5. The van der Waals surface area contributed by atoms with E-state index < -0.39 is 11.8 Å². The highest BCUT2D eigenvalue weighted by Crippen LogP contribution is 2.35. The number of hydrogen-bond donors (Lipinski definition) is 1. The molecule has 19 heavy (non-hydrogen) atoms. The highest BCUT2D eigenvalue weighted by Gasteiger charge is 2.39. The Morgan fingerprint density at radius 1 is 1.42 bits per heavy atom. The number of nitrogens with two attached hydrogens (primary N) is 1. The Labute approximate surface area is 115 Å². The maximum Gasteiger partial charge on any atom is 0.433 e. The molecule has 1 aromatic carbocycles. The lowest BCUT2D eigenvalue weighted by molar-refractivity contribution is 0.120. The third-order valence-electron chi connectivity index (χ3n) is 3.07. The minimum atomic E-state index is -1.01. The predicted molar refractivity (Wildman–Crippen MR) is 69.3 cm³/mol. The third kappa shape index (κ3) is 2.47. The second-order valence-electron chi connectivity index (χ2n) is 4.59. The number of rotatable bonds is 4. The van der Waals surface area contributed by atoms with Gasteiger partial charge < -0.3 is 9.47 Å². The Kier molecular flexibility index (Phi) is 3.22. The summed E-state index contributed by atoms with van der Waals surface area (Å²) in [4.78, 5) is 11.7. The second-order valence-corrected chi connectivity index (χ2v) is 4.96. The van der Waals surface area contributed by atoms with Crippen LogP contribution in [0, 0.1) is 5.92 Å². The van der Waals surface area contributed by atoms with Crippen LogP contribution in [0.5, 0.6) is 5.75 Å². The van der Waals surface area contributed by atoms with Crippen molar-refractivity contribution in [3.8, 4) is 5.75 Å². The number of anilines is 1. The number of nitrogens with zero attached hydrogens (tertiary/aromatic N) is 2. The first-order chi connectivity index (χ1) is 9.16. The minimum absolute atomic E-state index is 0.527. The molecule has 1 heterocycles. The van der Waals surface area contributed by atoms with Crippen molar-refractivity contribution >= 4 is 23.4 Å². The summed E-state index contributed by atoms with van der Waals surface area (Å²) in [5.74, 6) is 6.92. The first-order valence-corrected chi connectivity index (χ1v) is 6.51. The van der Waals surface area contributed by atoms with Crippen molar-refractivity contribution in [3.63, 3.8) is 0 Å². The molecule has 2 fully saturated rings. The number of carbonyl (C=O) groups is 1. The Morgan fingerprint density at radius 3 is 2.79 bits per heavy atom. The molecule has 6 nitrogen and oxygen atoms in total. The number of halogens is 1. The number of benzene rings is 1. The normalized spacial score (nSPS) is 23.6. The lowest BCUT2D eigenvalue weighted by atomic mass is 10.3. The zero-order valence-electron chi connectivity index (χ0n) is 10.2. The largest absolute Gasteiger partial charge is 0.491 e. The maximum absolute atomic E-state index is 11.7. The van der Waals surface area contributed by atoms with E-state index in [-0.39, 0.29) is 0 Å². The molecule has 0 spiro atoms. The molecule has 1 atom stereocenters. The van der Waals surface area contributed by atoms with E-state index in [1.54, 1.807) is 18.2 Å². The van der Waals surface area contributed by atoms with Gasteiger partial charge >= 0.3 is 6.09 Å². The quantitative estimate of drug-likeness (QED) is 0.520. The van der Waals surface area contributed by atoms with Crippen molar-refractivity contribution in [2.45, 2.75) is 18.5 Å². The average molecular weight is 284 g/mol. The lowest BCUT2D eigenvalue weighted by Crippen LogP contribution is -2.46. The molecule has 1 saturated carbocycles. The number of ether oxygens (including phenoxy) is 2. The van der Waals surface area contributed by atoms with Crippen LogP contribution in [0.25, 0.3) is 0 Å². The van der Waals surface area contributed by atoms with E-state index >= 15 is 0 Å². The van der Waals surface area contributed by atoms with Gasteiger partial charge in [0.25, 0.3) is 5.69 Å². The third-order valence-corrected chi connectivity index (χ3v) is 3.36. The molecule has 7 heteroatoms. The summed E-state index contributed by atoms with van der Waals surface area (Å²) in [5, 5.41) is 2.20. The van der Waals surface area contributed by atoms with E-state index in [2.05, 4.69) is 0 Å². The van der Waals surface area contributed by atoms with Crippen LogP contribution < -0.4 is 15.6 Å².